The average molecular weight is 1730 g/mol. The van der Waals surface area contributed by atoms with E-state index in [2.05, 4.69) is 132 Å². The third kappa shape index (κ3) is 25.1. The van der Waals surface area contributed by atoms with Crippen molar-refractivity contribution in [3.63, 3.8) is 0 Å². The minimum Gasteiger partial charge on any atom is -0.444 e. The number of nitrogens with zero attached hydrogens (tertiary/aromatic N) is 11. The summed E-state index contributed by atoms with van der Waals surface area (Å²) >= 11 is 7.86. The number of piperidine rings is 3. The van der Waals surface area contributed by atoms with E-state index in [1.165, 1.54) is 46.0 Å². The summed E-state index contributed by atoms with van der Waals surface area (Å²) in [5.41, 5.74) is 3.13. The molecule has 0 bridgehead atoms. The highest BCUT2D eigenvalue weighted by atomic mass is 32.2. The molecular weight excluding hydrogens is 1630 g/mol. The Bertz CT molecular complexity index is 5150. The maximum Gasteiger partial charge on any atom is 0.253 e. The van der Waals surface area contributed by atoms with Crippen LogP contribution < -0.4 is 31.5 Å². The van der Waals surface area contributed by atoms with E-state index in [1.807, 2.05) is 42.5 Å². The maximum absolute atomic E-state index is 13.5. The van der Waals surface area contributed by atoms with Gasteiger partial charge in [0.05, 0.1) is 72.2 Å². The molecule has 117 heavy (non-hydrogen) atoms. The second-order valence-corrected chi connectivity index (χ2v) is 41.5. The summed E-state index contributed by atoms with van der Waals surface area (Å²) in [6.07, 6.45) is 22.2. The Morgan fingerprint density at radius 3 is 1.56 bits per heavy atom. The molecule has 0 aliphatic carbocycles. The van der Waals surface area contributed by atoms with Gasteiger partial charge in [-0.15, -0.1) is 23.5 Å². The highest BCUT2D eigenvalue weighted by molar-refractivity contribution is 8.00. The predicted octanol–water partition coefficient (Wildman–Crippen LogP) is 15.1. The fraction of sp³-hybridized carbons (Fsp3) is 0.439. The maximum atomic E-state index is 13.5. The second-order valence-electron chi connectivity index (χ2n) is 31.9. The number of anilines is 6. The second kappa shape index (κ2) is 39.8. The minimum absolute atomic E-state index is 0.0255. The number of ether oxygens (including phenoxy) is 1. The average Bonchev–Trinajstić information content (AvgIpc) is 1.41. The van der Waals surface area contributed by atoms with Crippen LogP contribution >= 0.6 is 57.5 Å². The number of likely N-dealkylation sites (N-methyl/N-ethyl adjacent to an activating group) is 1. The van der Waals surface area contributed by atoms with Gasteiger partial charge in [-0.05, 0) is 143 Å². The molecule has 28 nitrogen and oxygen atoms in total. The molecule has 0 saturated carbocycles. The fourth-order valence-electron chi connectivity index (χ4n) is 12.8. The zero-order chi connectivity index (χ0) is 83.8. The molecule has 3 fully saturated rings. The number of hydrogen-bond acceptors (Lipinski definition) is 27. The lowest BCUT2D eigenvalue weighted by Crippen LogP contribution is -2.45. The van der Waals surface area contributed by atoms with E-state index in [9.17, 15) is 36.0 Å². The highest BCUT2D eigenvalue weighted by Gasteiger charge is 2.35. The van der Waals surface area contributed by atoms with Gasteiger partial charge in [-0.1, -0.05) is 116 Å². The Labute approximate surface area is 705 Å². The molecule has 3 atom stereocenters. The summed E-state index contributed by atoms with van der Waals surface area (Å²) in [6, 6.07) is 18.3. The number of oxazole rings is 3. The molecule has 4 amide bonds. The van der Waals surface area contributed by atoms with Gasteiger partial charge in [0.2, 0.25) is 55.4 Å². The van der Waals surface area contributed by atoms with E-state index < -0.39 is 20.0 Å². The normalized spacial score (nSPS) is 17.0. The van der Waals surface area contributed by atoms with Gasteiger partial charge < -0.3 is 59.3 Å². The molecule has 0 spiro atoms. The molecule has 626 valence electrons. The third-order valence-corrected chi connectivity index (χ3v) is 28.0. The molecule has 4 aliphatic rings. The van der Waals surface area contributed by atoms with Gasteiger partial charge in [-0.25, -0.2) is 46.7 Å². The minimum atomic E-state index is -3.68. The summed E-state index contributed by atoms with van der Waals surface area (Å²) in [5.74, 6) is 4.99. The molecule has 3 aromatic carbocycles. The van der Waals surface area contributed by atoms with E-state index in [4.69, 9.17) is 18.0 Å². The van der Waals surface area contributed by atoms with Crippen LogP contribution in [0.5, 0.6) is 0 Å². The zero-order valence-electron chi connectivity index (χ0n) is 67.9. The smallest absolute Gasteiger partial charge is 0.253 e. The van der Waals surface area contributed by atoms with Crippen molar-refractivity contribution in [3.8, 4) is 0 Å². The number of amides is 4. The van der Waals surface area contributed by atoms with E-state index in [0.29, 0.717) is 118 Å². The van der Waals surface area contributed by atoms with Crippen LogP contribution in [0.3, 0.4) is 0 Å². The molecule has 4 aliphatic heterocycles. The number of hydrogen-bond donors (Lipinski definition) is 5. The van der Waals surface area contributed by atoms with E-state index >= 15 is 0 Å². The number of benzene rings is 3. The van der Waals surface area contributed by atoms with Gasteiger partial charge in [0.1, 0.15) is 23.9 Å². The quantitative estimate of drug-likeness (QED) is 0.0225. The van der Waals surface area contributed by atoms with Gasteiger partial charge in [-0.2, -0.15) is 8.61 Å². The summed E-state index contributed by atoms with van der Waals surface area (Å²) in [6.45, 7) is 30.7. The molecule has 35 heteroatoms. The molecular formula is C82H104N16O12S7. The van der Waals surface area contributed by atoms with Crippen molar-refractivity contribution in [2.45, 2.75) is 185 Å². The van der Waals surface area contributed by atoms with Crippen LogP contribution in [0.1, 0.15) is 157 Å². The third-order valence-electron chi connectivity index (χ3n) is 19.1. The summed E-state index contributed by atoms with van der Waals surface area (Å²) in [5, 5.41) is 18.1. The lowest BCUT2D eigenvalue weighted by molar-refractivity contribution is -0.114. The van der Waals surface area contributed by atoms with Gasteiger partial charge in [0.15, 0.2) is 15.4 Å². The van der Waals surface area contributed by atoms with E-state index in [-0.39, 0.29) is 67.8 Å². The van der Waals surface area contributed by atoms with Gasteiger partial charge in [0, 0.05) is 122 Å². The van der Waals surface area contributed by atoms with Crippen molar-refractivity contribution in [1.29, 1.82) is 0 Å². The molecule has 9 aromatic rings. The number of nitrogens with one attached hydrogen (secondary N) is 5. The Morgan fingerprint density at radius 1 is 0.564 bits per heavy atom. The lowest BCUT2D eigenvalue weighted by atomic mass is 9.94. The molecule has 10 heterocycles. The van der Waals surface area contributed by atoms with Crippen LogP contribution in [-0.2, 0) is 86.6 Å². The molecule has 0 radical (unpaired) electrons. The number of sulfonamides is 2. The van der Waals surface area contributed by atoms with Gasteiger partial charge in [-0.3, -0.25) is 19.2 Å². The molecule has 6 aromatic heterocycles. The topological polar surface area (TPSA) is 339 Å². The van der Waals surface area contributed by atoms with E-state index in [1.54, 1.807) is 135 Å². The fourth-order valence-corrected chi connectivity index (χ4v) is 20.3. The molecule has 3 saturated heterocycles. The number of rotatable bonds is 28. The van der Waals surface area contributed by atoms with Crippen molar-refractivity contribution in [2.24, 2.45) is 0 Å². The van der Waals surface area contributed by atoms with E-state index in [0.717, 1.165) is 95.7 Å². The largest absolute Gasteiger partial charge is 0.444 e. The Kier molecular flexibility index (Phi) is 30.2. The SMILES string of the molecule is C=CC(=O)N1CCc2cc(S(=O)(=O)N3CCC[C@@H](Nc4ncc(SCc5ncc(C(C)(C)C)o5)s4)C3)ccc21.C=CC(=O)Nc1ccc(C(=O)N2CCC[C@@H](Nc3ncc(COCc4ncc(C(C)(C)C)o4)s3)C2)cc1.CN(C)C/C=C/C(=O)Nc1ccc(S(=O)(=O)N2CCC[C@@H](Nc3ncc(SCc4ncc(C(C)(C)C)o4)s3)C2)cc1. The van der Waals surface area contributed by atoms with Crippen molar-refractivity contribution >= 4 is 134 Å². The number of carbonyl (C=O) groups is 4. The van der Waals surface area contributed by atoms with Gasteiger partial charge >= 0.3 is 0 Å². The first-order valence-corrected chi connectivity index (χ1v) is 45.9. The predicted molar refractivity (Wildman–Crippen MR) is 464 cm³/mol. The monoisotopic (exact) mass is 1730 g/mol. The van der Waals surface area contributed by atoms with Crippen molar-refractivity contribution in [2.75, 3.05) is 97.9 Å². The van der Waals surface area contributed by atoms with Crippen molar-refractivity contribution in [1.82, 2.24) is 48.3 Å². The first-order valence-electron chi connectivity index (χ1n) is 38.6. The van der Waals surface area contributed by atoms with Crippen LogP contribution in [0.15, 0.2) is 173 Å². The standard InChI is InChI=1S/C28H38N6O4S3.C27H33N5O4S3.C27H33N5O4S/c1-28(2,3)23-16-29-25(38-23)19-39-26-17-30-27(40-26)32-21-8-6-15-34(18-21)41(36,37)22-12-10-20(11-13-22)31-24(35)9-7-14-33(4)5;1-5-24(33)32-12-10-18-13-20(8-9-21(18)32)39(34,35)31-11-6-7-19(16-31)30-26-29-15-25(38-26)37-17-23-28-14-22(36-23)27(2,3)4;1-5-23(33)30-19-10-8-18(9-11-19)25(34)32-12-6-7-20(15-32)31-26-29-13-21(37-26)16-35-17-24-28-14-22(36-24)27(2,3)4/h7,9-13,16-17,21H,6,8,14-15,18-19H2,1-5H3,(H,30,32)(H,31,35);5,8-9,13-15,19H,1,6-7,10-12,16-17H2,2-4H3,(H,29,30);5,8-11,13-14,20H,1,6-7,12,15-17H2,2-4H3,(H,29,31)(H,30,33)/b9-7+;;/t21-;19-;20-/m111/s1. The number of carbonyl (C=O) groups excluding carboxylic acids is 4. The Hall–Kier alpha value is -8.88. The molecule has 5 N–H and O–H groups in total. The van der Waals surface area contributed by atoms with Crippen molar-refractivity contribution in [3.05, 3.63) is 192 Å². The number of aromatic nitrogens is 6. The summed E-state index contributed by atoms with van der Waals surface area (Å²) in [4.78, 5) is 82.1. The Morgan fingerprint density at radius 2 is 1.04 bits per heavy atom. The Balaban J connectivity index is 0.000000173. The number of thioether (sulfide) groups is 2. The first-order chi connectivity index (χ1) is 55.6. The van der Waals surface area contributed by atoms with Crippen LogP contribution in [0, 0.1) is 0 Å². The summed E-state index contributed by atoms with van der Waals surface area (Å²) in [7, 11) is -3.50. The van der Waals surface area contributed by atoms with Crippen LogP contribution in [-0.4, -0.2) is 173 Å². The number of fused-ring (bicyclic) bond motifs is 1. The first kappa shape index (κ1) is 88.9. The highest BCUT2D eigenvalue weighted by Crippen LogP contribution is 2.38. The van der Waals surface area contributed by atoms with Crippen LogP contribution in [0.4, 0.5) is 32.5 Å². The summed E-state index contributed by atoms with van der Waals surface area (Å²) < 4.78 is 82.2. The number of likely N-dealkylation sites (tertiary alicyclic amines) is 1. The molecule has 0 unspecified atom stereocenters. The molecule has 13 rings (SSSR count). The lowest BCUT2D eigenvalue weighted by Gasteiger charge is -2.33. The zero-order valence-corrected chi connectivity index (χ0v) is 73.6. The van der Waals surface area contributed by atoms with Crippen LogP contribution in [0.2, 0.25) is 0 Å². The van der Waals surface area contributed by atoms with Gasteiger partial charge in [0.25, 0.3) is 5.91 Å². The number of thiazole rings is 3. The van der Waals surface area contributed by atoms with Crippen molar-refractivity contribution < 1.29 is 54.0 Å². The van der Waals surface area contributed by atoms with Crippen LogP contribution in [0.25, 0.3) is 0 Å².